The van der Waals surface area contributed by atoms with E-state index in [0.717, 1.165) is 0 Å². The first-order valence-corrected chi connectivity index (χ1v) is 11.0. The van der Waals surface area contributed by atoms with Crippen molar-refractivity contribution in [3.8, 4) is 0 Å². The van der Waals surface area contributed by atoms with Gasteiger partial charge < -0.3 is 0 Å². The van der Waals surface area contributed by atoms with Gasteiger partial charge >= 0.3 is 48.9 Å². The summed E-state index contributed by atoms with van der Waals surface area (Å²) in [7, 11) is 6.19. The van der Waals surface area contributed by atoms with E-state index in [0.29, 0.717) is 0 Å². The van der Waals surface area contributed by atoms with Gasteiger partial charge in [-0.15, -0.1) is 0 Å². The summed E-state index contributed by atoms with van der Waals surface area (Å²) in [5.74, 6) is 0. The normalized spacial score (nSPS) is 2.00. The zero-order valence-electron chi connectivity index (χ0n) is 3.83. The van der Waals surface area contributed by atoms with Gasteiger partial charge in [0.15, 0.2) is 0 Å². The molecule has 0 aliphatic rings. The largest absolute Gasteiger partial charge is 0 e. The minimum atomic E-state index is 0. The third kappa shape index (κ3) is 28.6. The van der Waals surface area contributed by atoms with Crippen molar-refractivity contribution in [3.05, 3.63) is 0 Å². The van der Waals surface area contributed by atoms with Gasteiger partial charge in [0.2, 0.25) is 0 Å². The molecule has 0 fully saturated rings. The van der Waals surface area contributed by atoms with Gasteiger partial charge in [-0.25, -0.2) is 0 Å². The molecule has 0 aromatic carbocycles. The van der Waals surface area contributed by atoms with Gasteiger partial charge in [0, 0.05) is 19.5 Å². The molecule has 6 heteroatoms. The van der Waals surface area contributed by atoms with Crippen LogP contribution in [0.3, 0.4) is 0 Å². The number of rotatable bonds is 0. The molecule has 1 unspecified atom stereocenters. The van der Waals surface area contributed by atoms with E-state index >= 15 is 0 Å². The summed E-state index contributed by atoms with van der Waals surface area (Å²) in [6, 6.07) is 0. The quantitative estimate of drug-likeness (QED) is 0.466. The van der Waals surface area contributed by atoms with Crippen molar-refractivity contribution in [2.45, 2.75) is 0 Å². The number of hydrogen-bond acceptors (Lipinski definition) is 0. The summed E-state index contributed by atoms with van der Waals surface area (Å²) in [6.45, 7) is 0. The van der Waals surface area contributed by atoms with E-state index in [1.165, 1.54) is 34.7 Å². The van der Waals surface area contributed by atoms with E-state index in [1.807, 2.05) is 0 Å². The maximum Gasteiger partial charge on any atom is 0 e. The fourth-order valence-electron chi connectivity index (χ4n) is 0. The average molecular weight is 294 g/mol. The Kier molecular flexibility index (Phi) is 172. The summed E-state index contributed by atoms with van der Waals surface area (Å²) in [4.78, 5) is 0. The summed E-state index contributed by atoms with van der Waals surface area (Å²) in [5, 5.41) is 0. The molecule has 0 saturated carbocycles. The van der Waals surface area contributed by atoms with Crippen molar-refractivity contribution >= 4 is 24.1 Å². The van der Waals surface area contributed by atoms with E-state index in [1.54, 1.807) is 0 Å². The molecule has 0 aliphatic carbocycles. The smallest absolute Gasteiger partial charge is 0 e. The first kappa shape index (κ1) is 23.1. The van der Waals surface area contributed by atoms with Crippen LogP contribution >= 0.6 is 24.1 Å². The van der Waals surface area contributed by atoms with Gasteiger partial charge in [-0.05, 0) is 0 Å². The van der Waals surface area contributed by atoms with Crippen LogP contribution in [0.25, 0.3) is 0 Å². The second-order valence-electron chi connectivity index (χ2n) is 0. The van der Waals surface area contributed by atoms with Crippen molar-refractivity contribution in [1.29, 1.82) is 0 Å². The molecule has 0 heterocycles. The first-order valence-electron chi connectivity index (χ1n) is 0.707. The fourth-order valence-corrected chi connectivity index (χ4v) is 0. The molecular formula is H5P3Zn3. The Morgan fingerprint density at radius 3 is 0.833 bits per heavy atom. The minimum absolute atomic E-state index is 0. The fraction of sp³-hybridized carbons (Fsp3) is 0. The maximum absolute atomic E-state index is 3.10. The summed E-state index contributed by atoms with van der Waals surface area (Å²) in [6.07, 6.45) is 0. The van der Waals surface area contributed by atoms with Gasteiger partial charge in [0.1, 0.15) is 0 Å². The molecule has 0 saturated heterocycles. The van der Waals surface area contributed by atoms with Gasteiger partial charge in [-0.2, -0.15) is 9.90 Å². The molecule has 0 aromatic heterocycles. The second-order valence-corrected chi connectivity index (χ2v) is 0. The van der Waals surface area contributed by atoms with Gasteiger partial charge in [-0.3, -0.25) is 0 Å². The molecule has 1 atom stereocenters. The van der Waals surface area contributed by atoms with Crippen LogP contribution < -0.4 is 0 Å². The standard InChI is InChI=1S/H3P.2HP.3Zn/h1H3;2*1H;;;. The molecule has 0 amide bonds. The van der Waals surface area contributed by atoms with Crippen molar-refractivity contribution in [3.63, 3.8) is 0 Å². The third-order valence-electron chi connectivity index (χ3n) is 0. The third-order valence-corrected chi connectivity index (χ3v) is 0. The van der Waals surface area contributed by atoms with Gasteiger partial charge in [-0.1, -0.05) is 0 Å². The minimum Gasteiger partial charge on any atom is 0 e. The average Bonchev–Trinajstić information content (AvgIpc) is 1.50. The van der Waals surface area contributed by atoms with E-state index in [-0.39, 0.29) is 29.4 Å². The molecule has 0 N–H and O–H groups in total. The SMILES string of the molecule is P.[PH]=[Zn].[PH]=[Zn].[Zn]. The second kappa shape index (κ2) is 44.7. The van der Waals surface area contributed by atoms with Crippen molar-refractivity contribution in [1.82, 2.24) is 0 Å². The molecule has 0 bridgehead atoms. The molecule has 0 aliphatic heterocycles. The zero-order chi connectivity index (χ0) is 4.00. The maximum atomic E-state index is 3.10. The van der Waals surface area contributed by atoms with Crippen LogP contribution in [-0.2, 0) is 54.1 Å². The van der Waals surface area contributed by atoms with Crippen molar-refractivity contribution < 1.29 is 54.1 Å². The Hall–Kier alpha value is 2.90. The predicted octanol–water partition coefficient (Wildman–Crippen LogP) is 1.24. The first-order chi connectivity index (χ1) is 2.00. The summed E-state index contributed by atoms with van der Waals surface area (Å²) >= 11 is 2.36. The van der Waals surface area contributed by atoms with Crippen LogP contribution in [0, 0.1) is 0 Å². The van der Waals surface area contributed by atoms with Crippen LogP contribution in [0.5, 0.6) is 0 Å². The molecule has 0 nitrogen and oxygen atoms in total. The summed E-state index contributed by atoms with van der Waals surface area (Å²) in [5.41, 5.74) is 0. The van der Waals surface area contributed by atoms with E-state index < -0.39 is 0 Å². The Morgan fingerprint density at radius 2 is 0.833 bits per heavy atom. The Morgan fingerprint density at radius 1 is 0.833 bits per heavy atom. The molecule has 0 radical (unpaired) electrons. The number of hydrogen-bond donors (Lipinski definition) is 0. The molecule has 0 aromatic rings. The van der Waals surface area contributed by atoms with Crippen molar-refractivity contribution in [2.75, 3.05) is 0 Å². The van der Waals surface area contributed by atoms with E-state index in [2.05, 4.69) is 14.2 Å². The Bertz CT molecular complexity index is 8.00. The molecule has 0 rings (SSSR count). The van der Waals surface area contributed by atoms with Crippen LogP contribution in [0.15, 0.2) is 0 Å². The van der Waals surface area contributed by atoms with Crippen molar-refractivity contribution in [2.24, 2.45) is 0 Å². The Balaban J connectivity index is -0.00000000500. The predicted molar refractivity (Wildman–Crippen MR) is 27.7 cm³/mol. The molecular weight excluding hydrogens is 289 g/mol. The Labute approximate surface area is 77.4 Å². The van der Waals surface area contributed by atoms with Crippen LogP contribution in [-0.4, -0.2) is 0 Å². The van der Waals surface area contributed by atoms with Crippen LogP contribution in [0.1, 0.15) is 0 Å². The monoisotopic (exact) mass is 290 g/mol. The summed E-state index contributed by atoms with van der Waals surface area (Å²) < 4.78 is 0. The molecule has 26 valence electrons. The van der Waals surface area contributed by atoms with Crippen LogP contribution in [0.2, 0.25) is 0 Å². The van der Waals surface area contributed by atoms with E-state index in [4.69, 9.17) is 0 Å². The van der Waals surface area contributed by atoms with Gasteiger partial charge in [0.25, 0.3) is 0 Å². The van der Waals surface area contributed by atoms with E-state index in [9.17, 15) is 0 Å². The topological polar surface area (TPSA) is 0 Å². The van der Waals surface area contributed by atoms with Gasteiger partial charge in [0.05, 0.1) is 0 Å². The van der Waals surface area contributed by atoms with Crippen LogP contribution in [0.4, 0.5) is 0 Å². The molecule has 6 heavy (non-hydrogen) atoms. The zero-order valence-corrected chi connectivity index (χ0v) is 16.1. The molecule has 0 spiro atoms.